The number of nitrogens with zero attached hydrogens (tertiary/aromatic N) is 3. The largest absolute Gasteiger partial charge is 0.381 e. The van der Waals surface area contributed by atoms with E-state index in [1.807, 2.05) is 6.92 Å². The van der Waals surface area contributed by atoms with Crippen LogP contribution in [0.1, 0.15) is 43.1 Å². The number of hydrogen-bond acceptors (Lipinski definition) is 4. The van der Waals surface area contributed by atoms with E-state index in [0.717, 1.165) is 44.8 Å². The van der Waals surface area contributed by atoms with Crippen LogP contribution in [0, 0.1) is 5.92 Å². The Morgan fingerprint density at radius 2 is 2.37 bits per heavy atom. The molecule has 0 radical (unpaired) electrons. The van der Waals surface area contributed by atoms with Crippen molar-refractivity contribution in [2.75, 3.05) is 26.3 Å². The van der Waals surface area contributed by atoms with Crippen molar-refractivity contribution in [1.82, 2.24) is 20.1 Å². The van der Waals surface area contributed by atoms with Gasteiger partial charge in [-0.3, -0.25) is 9.89 Å². The first-order valence-electron chi connectivity index (χ1n) is 7.02. The number of H-pyrrole nitrogens is 1. The van der Waals surface area contributed by atoms with E-state index in [2.05, 4.69) is 22.1 Å². The average molecular weight is 266 g/mol. The molecular formula is C13H22N4O2. The van der Waals surface area contributed by atoms with E-state index in [-0.39, 0.29) is 11.7 Å². The second-order valence-corrected chi connectivity index (χ2v) is 4.93. The summed E-state index contributed by atoms with van der Waals surface area (Å²) in [6.45, 7) is 7.01. The molecule has 0 saturated carbocycles. The maximum atomic E-state index is 12.3. The van der Waals surface area contributed by atoms with Crippen LogP contribution in [0.3, 0.4) is 0 Å². The van der Waals surface area contributed by atoms with Gasteiger partial charge in [0.2, 0.25) is 5.82 Å². The number of ether oxygens (including phenoxy) is 1. The standard InChI is InChI=1S/C13H22N4O2/c1-3-5-11-14-12(16-15-11)13(18)17(4-2)8-10-6-7-19-9-10/h10H,3-9H2,1-2H3,(H,14,15,16). The van der Waals surface area contributed by atoms with Gasteiger partial charge in [0.05, 0.1) is 6.61 Å². The predicted molar refractivity (Wildman–Crippen MR) is 70.9 cm³/mol. The minimum atomic E-state index is -0.0898. The summed E-state index contributed by atoms with van der Waals surface area (Å²) >= 11 is 0. The van der Waals surface area contributed by atoms with Crippen molar-refractivity contribution in [3.63, 3.8) is 0 Å². The van der Waals surface area contributed by atoms with Crippen LogP contribution in [0.4, 0.5) is 0 Å². The minimum Gasteiger partial charge on any atom is -0.381 e. The summed E-state index contributed by atoms with van der Waals surface area (Å²) in [5.74, 6) is 1.42. The Morgan fingerprint density at radius 3 is 3.00 bits per heavy atom. The summed E-state index contributed by atoms with van der Waals surface area (Å²) in [4.78, 5) is 18.4. The molecule has 1 aliphatic heterocycles. The Kier molecular flexibility index (Phi) is 4.90. The summed E-state index contributed by atoms with van der Waals surface area (Å²) in [5.41, 5.74) is 0. The van der Waals surface area contributed by atoms with Crippen molar-refractivity contribution in [3.05, 3.63) is 11.6 Å². The van der Waals surface area contributed by atoms with Crippen LogP contribution < -0.4 is 0 Å². The minimum absolute atomic E-state index is 0.0898. The zero-order valence-electron chi connectivity index (χ0n) is 11.7. The summed E-state index contributed by atoms with van der Waals surface area (Å²) in [6, 6.07) is 0. The highest BCUT2D eigenvalue weighted by atomic mass is 16.5. The van der Waals surface area contributed by atoms with Gasteiger partial charge in [0, 0.05) is 32.0 Å². The number of amides is 1. The smallest absolute Gasteiger partial charge is 0.293 e. The Bertz CT molecular complexity index is 413. The van der Waals surface area contributed by atoms with Crippen LogP contribution in [-0.2, 0) is 11.2 Å². The lowest BCUT2D eigenvalue weighted by Crippen LogP contribution is -2.36. The molecule has 1 atom stereocenters. The highest BCUT2D eigenvalue weighted by Crippen LogP contribution is 2.15. The highest BCUT2D eigenvalue weighted by molar-refractivity contribution is 5.90. The van der Waals surface area contributed by atoms with Crippen LogP contribution in [0.5, 0.6) is 0 Å². The third-order valence-electron chi connectivity index (χ3n) is 3.38. The second kappa shape index (κ2) is 6.65. The van der Waals surface area contributed by atoms with Gasteiger partial charge in [0.15, 0.2) is 0 Å². The fraction of sp³-hybridized carbons (Fsp3) is 0.769. The van der Waals surface area contributed by atoms with Gasteiger partial charge in [-0.2, -0.15) is 0 Å². The summed E-state index contributed by atoms with van der Waals surface area (Å²) in [7, 11) is 0. The van der Waals surface area contributed by atoms with E-state index < -0.39 is 0 Å². The lowest BCUT2D eigenvalue weighted by molar-refractivity contribution is 0.0719. The van der Waals surface area contributed by atoms with E-state index in [0.29, 0.717) is 12.5 Å². The molecule has 1 aromatic heterocycles. The van der Waals surface area contributed by atoms with Crippen molar-refractivity contribution < 1.29 is 9.53 Å². The third kappa shape index (κ3) is 3.53. The molecule has 1 aromatic rings. The van der Waals surface area contributed by atoms with Crippen LogP contribution in [0.25, 0.3) is 0 Å². The Morgan fingerprint density at radius 1 is 1.53 bits per heavy atom. The lowest BCUT2D eigenvalue weighted by atomic mass is 10.1. The Labute approximate surface area is 113 Å². The zero-order chi connectivity index (χ0) is 13.7. The van der Waals surface area contributed by atoms with Gasteiger partial charge < -0.3 is 9.64 Å². The number of nitrogens with one attached hydrogen (secondary N) is 1. The van der Waals surface area contributed by atoms with E-state index in [1.165, 1.54) is 0 Å². The maximum Gasteiger partial charge on any atom is 0.293 e. The predicted octanol–water partition coefficient (Wildman–Crippen LogP) is 1.26. The molecule has 1 N–H and O–H groups in total. The quantitative estimate of drug-likeness (QED) is 0.841. The molecule has 0 aromatic carbocycles. The molecule has 1 amide bonds. The number of rotatable bonds is 6. The third-order valence-corrected chi connectivity index (χ3v) is 3.38. The van der Waals surface area contributed by atoms with Crippen molar-refractivity contribution in [3.8, 4) is 0 Å². The van der Waals surface area contributed by atoms with E-state index >= 15 is 0 Å². The van der Waals surface area contributed by atoms with Gasteiger partial charge in [0.1, 0.15) is 5.82 Å². The Hall–Kier alpha value is -1.43. The van der Waals surface area contributed by atoms with Crippen LogP contribution in [0.15, 0.2) is 0 Å². The lowest BCUT2D eigenvalue weighted by Gasteiger charge is -2.22. The van der Waals surface area contributed by atoms with E-state index in [1.54, 1.807) is 4.90 Å². The number of carbonyl (C=O) groups excluding carboxylic acids is 1. The maximum absolute atomic E-state index is 12.3. The molecular weight excluding hydrogens is 244 g/mol. The van der Waals surface area contributed by atoms with Crippen LogP contribution in [-0.4, -0.2) is 52.3 Å². The number of aromatic amines is 1. The molecule has 2 heterocycles. The number of carbonyl (C=O) groups is 1. The molecule has 1 fully saturated rings. The summed E-state index contributed by atoms with van der Waals surface area (Å²) < 4.78 is 5.35. The molecule has 0 spiro atoms. The van der Waals surface area contributed by atoms with Crippen molar-refractivity contribution >= 4 is 5.91 Å². The highest BCUT2D eigenvalue weighted by Gasteiger charge is 2.24. The number of hydrogen-bond donors (Lipinski definition) is 1. The molecule has 1 saturated heterocycles. The molecule has 6 heteroatoms. The van der Waals surface area contributed by atoms with Gasteiger partial charge in [-0.1, -0.05) is 6.92 Å². The molecule has 106 valence electrons. The molecule has 1 aliphatic rings. The van der Waals surface area contributed by atoms with Crippen molar-refractivity contribution in [2.45, 2.75) is 33.1 Å². The summed E-state index contributed by atoms with van der Waals surface area (Å²) in [6.07, 6.45) is 2.83. The molecule has 0 aliphatic carbocycles. The first-order chi connectivity index (χ1) is 9.24. The SMILES string of the molecule is CCCc1nc(C(=O)N(CC)CC2CCOC2)n[nH]1. The molecule has 1 unspecified atom stereocenters. The number of aromatic nitrogens is 3. The fourth-order valence-corrected chi connectivity index (χ4v) is 2.28. The van der Waals surface area contributed by atoms with Gasteiger partial charge in [-0.15, -0.1) is 5.10 Å². The monoisotopic (exact) mass is 266 g/mol. The van der Waals surface area contributed by atoms with Gasteiger partial charge in [0.25, 0.3) is 5.91 Å². The van der Waals surface area contributed by atoms with Crippen LogP contribution in [0.2, 0.25) is 0 Å². The topological polar surface area (TPSA) is 71.1 Å². The average Bonchev–Trinajstić information content (AvgIpc) is 3.06. The molecule has 6 nitrogen and oxygen atoms in total. The number of aryl methyl sites for hydroxylation is 1. The van der Waals surface area contributed by atoms with Crippen molar-refractivity contribution in [2.24, 2.45) is 5.92 Å². The van der Waals surface area contributed by atoms with Gasteiger partial charge >= 0.3 is 0 Å². The molecule has 0 bridgehead atoms. The van der Waals surface area contributed by atoms with Crippen LogP contribution >= 0.6 is 0 Å². The fourth-order valence-electron chi connectivity index (χ4n) is 2.28. The van der Waals surface area contributed by atoms with Crippen molar-refractivity contribution in [1.29, 1.82) is 0 Å². The zero-order valence-corrected chi connectivity index (χ0v) is 11.7. The first-order valence-corrected chi connectivity index (χ1v) is 7.02. The molecule has 19 heavy (non-hydrogen) atoms. The normalized spacial score (nSPS) is 18.7. The van der Waals surface area contributed by atoms with Gasteiger partial charge in [-0.25, -0.2) is 4.98 Å². The summed E-state index contributed by atoms with van der Waals surface area (Å²) in [5, 5.41) is 6.85. The molecule has 2 rings (SSSR count). The first kappa shape index (κ1) is 14.0. The second-order valence-electron chi connectivity index (χ2n) is 4.93. The van der Waals surface area contributed by atoms with E-state index in [4.69, 9.17) is 4.74 Å². The Balaban J connectivity index is 1.97. The van der Waals surface area contributed by atoms with Gasteiger partial charge in [-0.05, 0) is 19.8 Å². The van der Waals surface area contributed by atoms with E-state index in [9.17, 15) is 4.79 Å².